The highest BCUT2D eigenvalue weighted by atomic mass is 16.5. The molecule has 2 aromatic carbocycles. The summed E-state index contributed by atoms with van der Waals surface area (Å²) < 4.78 is 5.79. The zero-order valence-corrected chi connectivity index (χ0v) is 13.0. The van der Waals surface area contributed by atoms with Crippen LogP contribution < -0.4 is 4.74 Å². The largest absolute Gasteiger partial charge is 0.489 e. The maximum absolute atomic E-state index is 10.9. The van der Waals surface area contributed by atoms with E-state index in [2.05, 4.69) is 33.9 Å². The molecule has 2 aromatic rings. The van der Waals surface area contributed by atoms with E-state index in [4.69, 9.17) is 4.74 Å². The maximum atomic E-state index is 10.9. The smallest absolute Gasteiger partial charge is 0.150 e. The second kappa shape index (κ2) is 8.05. The fourth-order valence-corrected chi connectivity index (χ4v) is 2.02. The zero-order valence-electron chi connectivity index (χ0n) is 13.0. The van der Waals surface area contributed by atoms with Crippen molar-refractivity contribution in [2.45, 2.75) is 27.4 Å². The molecule has 0 amide bonds. The summed E-state index contributed by atoms with van der Waals surface area (Å²) in [5.41, 5.74) is 5.33. The normalized spacial score (nSPS) is 9.48. The molecule has 0 N–H and O–H groups in total. The van der Waals surface area contributed by atoms with E-state index in [1.807, 2.05) is 30.3 Å². The number of ether oxygens (including phenoxy) is 1. The van der Waals surface area contributed by atoms with Gasteiger partial charge in [-0.1, -0.05) is 24.3 Å². The first-order valence-corrected chi connectivity index (χ1v) is 6.85. The summed E-state index contributed by atoms with van der Waals surface area (Å²) in [6, 6.07) is 11.6. The van der Waals surface area contributed by atoms with Crippen molar-refractivity contribution in [2.75, 3.05) is 0 Å². The van der Waals surface area contributed by atoms with Gasteiger partial charge in [-0.3, -0.25) is 4.79 Å². The molecule has 0 aromatic heterocycles. The predicted octanol–water partition coefficient (Wildman–Crippen LogP) is 4.81. The van der Waals surface area contributed by atoms with Crippen LogP contribution in [0, 0.1) is 20.8 Å². The number of aryl methyl sites for hydroxylation is 2. The molecule has 0 heterocycles. The van der Waals surface area contributed by atoms with Crippen molar-refractivity contribution in [3.8, 4) is 5.75 Å². The highest BCUT2D eigenvalue weighted by Gasteiger charge is 2.04. The van der Waals surface area contributed by atoms with Gasteiger partial charge in [-0.25, -0.2) is 0 Å². The second-order valence-electron chi connectivity index (χ2n) is 4.79. The Labute approximate surface area is 127 Å². The van der Waals surface area contributed by atoms with Crippen molar-refractivity contribution in [3.05, 3.63) is 77.4 Å². The monoisotopic (exact) mass is 282 g/mol. The van der Waals surface area contributed by atoms with Crippen LogP contribution in [0.5, 0.6) is 5.75 Å². The molecule has 0 atom stereocenters. The number of carbonyl (C=O) groups excluding carboxylic acids is 1. The molecule has 0 saturated heterocycles. The van der Waals surface area contributed by atoms with E-state index in [1.165, 1.54) is 16.7 Å². The zero-order chi connectivity index (χ0) is 15.8. The van der Waals surface area contributed by atoms with Crippen molar-refractivity contribution in [2.24, 2.45) is 0 Å². The third-order valence-corrected chi connectivity index (χ3v) is 3.48. The van der Waals surface area contributed by atoms with Crippen LogP contribution in [0.2, 0.25) is 0 Å². The van der Waals surface area contributed by atoms with Crippen molar-refractivity contribution < 1.29 is 9.53 Å². The Hall–Kier alpha value is -2.35. The number of rotatable bonds is 4. The molecule has 0 spiro atoms. The fourth-order valence-electron chi connectivity index (χ4n) is 2.02. The molecule has 0 bridgehead atoms. The molecule has 21 heavy (non-hydrogen) atoms. The molecular formula is C19H22O2. The summed E-state index contributed by atoms with van der Waals surface area (Å²) in [7, 11) is 0. The van der Waals surface area contributed by atoms with Gasteiger partial charge in [0.25, 0.3) is 0 Å². The Morgan fingerprint density at radius 2 is 1.62 bits per heavy atom. The predicted molar refractivity (Wildman–Crippen MR) is 88.1 cm³/mol. The van der Waals surface area contributed by atoms with Crippen LogP contribution in [0.4, 0.5) is 0 Å². The quantitative estimate of drug-likeness (QED) is 0.594. The van der Waals surface area contributed by atoms with Crippen molar-refractivity contribution in [1.82, 2.24) is 0 Å². The van der Waals surface area contributed by atoms with Gasteiger partial charge in [-0.15, -0.1) is 13.2 Å². The molecule has 110 valence electrons. The average molecular weight is 282 g/mol. The fraction of sp³-hybridized carbons (Fsp3) is 0.211. The van der Waals surface area contributed by atoms with Gasteiger partial charge in [0.2, 0.25) is 0 Å². The summed E-state index contributed by atoms with van der Waals surface area (Å²) in [6.45, 7) is 12.7. The van der Waals surface area contributed by atoms with Crippen LogP contribution in [0.3, 0.4) is 0 Å². The lowest BCUT2D eigenvalue weighted by Gasteiger charge is -2.11. The molecule has 0 fully saturated rings. The van der Waals surface area contributed by atoms with Gasteiger partial charge in [0.05, 0.1) is 0 Å². The third-order valence-electron chi connectivity index (χ3n) is 3.48. The van der Waals surface area contributed by atoms with Crippen LogP contribution in [-0.4, -0.2) is 6.29 Å². The van der Waals surface area contributed by atoms with Gasteiger partial charge >= 0.3 is 0 Å². The number of carbonyl (C=O) groups is 1. The molecule has 0 radical (unpaired) electrons. The van der Waals surface area contributed by atoms with Gasteiger partial charge in [0.15, 0.2) is 0 Å². The van der Waals surface area contributed by atoms with Crippen LogP contribution >= 0.6 is 0 Å². The van der Waals surface area contributed by atoms with E-state index < -0.39 is 0 Å². The topological polar surface area (TPSA) is 26.3 Å². The summed E-state index contributed by atoms with van der Waals surface area (Å²) in [6.07, 6.45) is 0.865. The Balaban J connectivity index is 0.00000106. The Morgan fingerprint density at radius 3 is 2.19 bits per heavy atom. The molecule has 0 unspecified atom stereocenters. The average Bonchev–Trinajstić information content (AvgIpc) is 2.52. The first kappa shape index (κ1) is 16.7. The van der Waals surface area contributed by atoms with E-state index in [-0.39, 0.29) is 0 Å². The summed E-state index contributed by atoms with van der Waals surface area (Å²) in [4.78, 5) is 10.9. The highest BCUT2D eigenvalue weighted by molar-refractivity contribution is 5.77. The standard InChI is InChI=1S/C17H18O2.C2H4/c1-12-8-17(9-13(2)14(12)3)19-11-16-7-5-4-6-15(16)10-18;1-2/h4-10H,11H2,1-3H3;1-2H2. The summed E-state index contributed by atoms with van der Waals surface area (Å²) in [5.74, 6) is 0.848. The molecule has 0 aliphatic carbocycles. The first-order chi connectivity index (χ1) is 10.1. The minimum atomic E-state index is 0.414. The van der Waals surface area contributed by atoms with E-state index in [1.54, 1.807) is 6.07 Å². The molecule has 0 saturated carbocycles. The van der Waals surface area contributed by atoms with Crippen LogP contribution in [-0.2, 0) is 6.61 Å². The summed E-state index contributed by atoms with van der Waals surface area (Å²) in [5, 5.41) is 0. The Kier molecular flexibility index (Phi) is 6.41. The van der Waals surface area contributed by atoms with Crippen molar-refractivity contribution in [1.29, 1.82) is 0 Å². The Bertz CT molecular complexity index is 592. The number of hydrogen-bond donors (Lipinski definition) is 0. The number of aldehydes is 1. The number of hydrogen-bond acceptors (Lipinski definition) is 2. The van der Waals surface area contributed by atoms with Crippen LogP contribution in [0.1, 0.15) is 32.6 Å². The van der Waals surface area contributed by atoms with Crippen molar-refractivity contribution >= 4 is 6.29 Å². The summed E-state index contributed by atoms with van der Waals surface area (Å²) >= 11 is 0. The first-order valence-electron chi connectivity index (χ1n) is 6.85. The lowest BCUT2D eigenvalue weighted by Crippen LogP contribution is -2.00. The molecular weight excluding hydrogens is 260 g/mol. The van der Waals surface area contributed by atoms with Gasteiger partial charge in [0, 0.05) is 5.56 Å². The third kappa shape index (κ3) is 4.32. The number of benzene rings is 2. The molecule has 0 aliphatic heterocycles. The van der Waals surface area contributed by atoms with Gasteiger partial charge in [-0.2, -0.15) is 0 Å². The van der Waals surface area contributed by atoms with E-state index in [9.17, 15) is 4.79 Å². The van der Waals surface area contributed by atoms with Gasteiger partial charge in [-0.05, 0) is 55.2 Å². The van der Waals surface area contributed by atoms with Gasteiger partial charge < -0.3 is 4.74 Å². The lowest BCUT2D eigenvalue weighted by atomic mass is 10.0. The second-order valence-corrected chi connectivity index (χ2v) is 4.79. The van der Waals surface area contributed by atoms with E-state index in [0.29, 0.717) is 12.2 Å². The van der Waals surface area contributed by atoms with E-state index >= 15 is 0 Å². The van der Waals surface area contributed by atoms with Crippen LogP contribution in [0.15, 0.2) is 49.6 Å². The maximum Gasteiger partial charge on any atom is 0.150 e. The minimum Gasteiger partial charge on any atom is -0.489 e. The molecule has 2 heteroatoms. The minimum absolute atomic E-state index is 0.414. The Morgan fingerprint density at radius 1 is 1.05 bits per heavy atom. The molecule has 2 nitrogen and oxygen atoms in total. The van der Waals surface area contributed by atoms with Gasteiger partial charge in [0.1, 0.15) is 18.6 Å². The highest BCUT2D eigenvalue weighted by Crippen LogP contribution is 2.22. The lowest BCUT2D eigenvalue weighted by molar-refractivity contribution is 0.112. The van der Waals surface area contributed by atoms with Crippen molar-refractivity contribution in [3.63, 3.8) is 0 Å². The molecule has 2 rings (SSSR count). The SMILES string of the molecule is C=C.Cc1cc(OCc2ccccc2C=O)cc(C)c1C. The van der Waals surface area contributed by atoms with Crippen LogP contribution in [0.25, 0.3) is 0 Å². The molecule has 0 aliphatic rings. The van der Waals surface area contributed by atoms with E-state index in [0.717, 1.165) is 17.6 Å².